The Labute approximate surface area is 85.1 Å². The second-order valence-corrected chi connectivity index (χ2v) is 3.46. The van der Waals surface area contributed by atoms with Crippen LogP contribution in [-0.4, -0.2) is 17.8 Å². The molecule has 0 aliphatic carbocycles. The summed E-state index contributed by atoms with van der Waals surface area (Å²) in [5, 5.41) is 12.6. The van der Waals surface area contributed by atoms with Crippen LogP contribution in [0.4, 0.5) is 0 Å². The average Bonchev–Trinajstić information content (AvgIpc) is 2.69. The first-order valence-corrected chi connectivity index (χ1v) is 5.24. The zero-order chi connectivity index (χ0) is 10.2. The maximum atomic E-state index is 9.29. The summed E-state index contributed by atoms with van der Waals surface area (Å²) in [5.74, 6) is 0.959. The lowest BCUT2D eigenvalue weighted by Gasteiger charge is -2.07. The average molecular weight is 197 g/mol. The number of hydrogen-bond donors (Lipinski definition) is 2. The van der Waals surface area contributed by atoms with E-state index in [9.17, 15) is 5.11 Å². The molecule has 2 N–H and O–H groups in total. The van der Waals surface area contributed by atoms with Gasteiger partial charge in [-0.3, -0.25) is 0 Å². The molecule has 0 saturated carbocycles. The van der Waals surface area contributed by atoms with Gasteiger partial charge in [0.05, 0.1) is 18.9 Å². The molecule has 0 aromatic carbocycles. The smallest absolute Gasteiger partial charge is 0.117 e. The van der Waals surface area contributed by atoms with Gasteiger partial charge < -0.3 is 14.8 Å². The maximum Gasteiger partial charge on any atom is 0.117 e. The predicted molar refractivity (Wildman–Crippen MR) is 55.9 cm³/mol. The second kappa shape index (κ2) is 6.62. The van der Waals surface area contributed by atoms with Gasteiger partial charge >= 0.3 is 0 Å². The Hall–Kier alpha value is -0.800. The summed E-state index contributed by atoms with van der Waals surface area (Å²) in [6, 6.07) is 3.84. The summed E-state index contributed by atoms with van der Waals surface area (Å²) in [6.45, 7) is 3.70. The molecule has 1 heterocycles. The van der Waals surface area contributed by atoms with Gasteiger partial charge in [-0.1, -0.05) is 6.92 Å². The quantitative estimate of drug-likeness (QED) is 0.656. The monoisotopic (exact) mass is 197 g/mol. The van der Waals surface area contributed by atoms with Crippen LogP contribution in [0.25, 0.3) is 0 Å². The molecule has 1 unspecified atom stereocenters. The molecule has 0 amide bonds. The van der Waals surface area contributed by atoms with Gasteiger partial charge in [0.25, 0.3) is 0 Å². The molecule has 1 aromatic heterocycles. The summed E-state index contributed by atoms with van der Waals surface area (Å²) in [6.07, 6.45) is 4.27. The molecule has 0 saturated heterocycles. The van der Waals surface area contributed by atoms with Gasteiger partial charge in [0.1, 0.15) is 5.76 Å². The Bertz CT molecular complexity index is 221. The van der Waals surface area contributed by atoms with Crippen molar-refractivity contribution in [2.75, 3.05) is 6.54 Å². The van der Waals surface area contributed by atoms with E-state index in [1.165, 1.54) is 0 Å². The van der Waals surface area contributed by atoms with Crippen LogP contribution in [0, 0.1) is 0 Å². The van der Waals surface area contributed by atoms with Crippen molar-refractivity contribution in [2.24, 2.45) is 0 Å². The molecule has 1 aromatic rings. The van der Waals surface area contributed by atoms with Crippen LogP contribution in [0.2, 0.25) is 0 Å². The van der Waals surface area contributed by atoms with Crippen LogP contribution >= 0.6 is 0 Å². The fraction of sp³-hybridized carbons (Fsp3) is 0.636. The molecule has 0 fully saturated rings. The molecule has 0 radical (unpaired) electrons. The van der Waals surface area contributed by atoms with E-state index in [2.05, 4.69) is 5.32 Å². The summed E-state index contributed by atoms with van der Waals surface area (Å²) >= 11 is 0. The van der Waals surface area contributed by atoms with Gasteiger partial charge in [0.2, 0.25) is 0 Å². The van der Waals surface area contributed by atoms with Crippen molar-refractivity contribution in [3.63, 3.8) is 0 Å². The van der Waals surface area contributed by atoms with Gasteiger partial charge in [0.15, 0.2) is 0 Å². The van der Waals surface area contributed by atoms with Crippen molar-refractivity contribution in [3.05, 3.63) is 24.2 Å². The first-order chi connectivity index (χ1) is 6.83. The van der Waals surface area contributed by atoms with Crippen LogP contribution in [0.3, 0.4) is 0 Å². The highest BCUT2D eigenvalue weighted by Crippen LogP contribution is 2.01. The van der Waals surface area contributed by atoms with E-state index < -0.39 is 0 Å². The normalized spacial score (nSPS) is 13.0. The zero-order valence-corrected chi connectivity index (χ0v) is 8.70. The number of aliphatic hydroxyl groups excluding tert-OH is 1. The zero-order valence-electron chi connectivity index (χ0n) is 8.70. The van der Waals surface area contributed by atoms with Crippen LogP contribution in [0.1, 0.15) is 31.9 Å². The molecule has 0 spiro atoms. The SMILES string of the molecule is CCC(O)CCCNCc1ccco1. The fourth-order valence-electron chi connectivity index (χ4n) is 1.29. The lowest BCUT2D eigenvalue weighted by molar-refractivity contribution is 0.157. The van der Waals surface area contributed by atoms with Crippen molar-refractivity contribution < 1.29 is 9.52 Å². The molecule has 0 aliphatic rings. The molecular formula is C11H19NO2. The highest BCUT2D eigenvalue weighted by atomic mass is 16.3. The van der Waals surface area contributed by atoms with Gasteiger partial charge in [-0.15, -0.1) is 0 Å². The Balaban J connectivity index is 1.95. The molecule has 1 atom stereocenters. The molecule has 0 aliphatic heterocycles. The minimum Gasteiger partial charge on any atom is -0.468 e. The molecule has 3 nitrogen and oxygen atoms in total. The fourth-order valence-corrected chi connectivity index (χ4v) is 1.29. The van der Waals surface area contributed by atoms with Crippen molar-refractivity contribution in [1.82, 2.24) is 5.32 Å². The molecule has 80 valence electrons. The van der Waals surface area contributed by atoms with E-state index in [-0.39, 0.29) is 6.10 Å². The maximum absolute atomic E-state index is 9.29. The topological polar surface area (TPSA) is 45.4 Å². The van der Waals surface area contributed by atoms with Crippen LogP contribution in [-0.2, 0) is 6.54 Å². The molecular weight excluding hydrogens is 178 g/mol. The molecule has 14 heavy (non-hydrogen) atoms. The summed E-state index contributed by atoms with van der Waals surface area (Å²) < 4.78 is 5.17. The van der Waals surface area contributed by atoms with Gasteiger partial charge in [0, 0.05) is 0 Å². The molecule has 0 bridgehead atoms. The minimum absolute atomic E-state index is 0.139. The number of rotatable bonds is 7. The number of aliphatic hydroxyl groups is 1. The summed E-state index contributed by atoms with van der Waals surface area (Å²) in [5.41, 5.74) is 0. The second-order valence-electron chi connectivity index (χ2n) is 3.46. The first-order valence-electron chi connectivity index (χ1n) is 5.24. The van der Waals surface area contributed by atoms with E-state index in [0.29, 0.717) is 0 Å². The van der Waals surface area contributed by atoms with E-state index in [4.69, 9.17) is 4.42 Å². The largest absolute Gasteiger partial charge is 0.468 e. The van der Waals surface area contributed by atoms with E-state index in [1.807, 2.05) is 19.1 Å². The van der Waals surface area contributed by atoms with Crippen molar-refractivity contribution in [3.8, 4) is 0 Å². The summed E-state index contributed by atoms with van der Waals surface area (Å²) in [7, 11) is 0. The Morgan fingerprint density at radius 3 is 3.07 bits per heavy atom. The van der Waals surface area contributed by atoms with E-state index >= 15 is 0 Å². The van der Waals surface area contributed by atoms with Gasteiger partial charge in [-0.25, -0.2) is 0 Å². The van der Waals surface area contributed by atoms with E-state index in [0.717, 1.165) is 38.1 Å². The summed E-state index contributed by atoms with van der Waals surface area (Å²) in [4.78, 5) is 0. The van der Waals surface area contributed by atoms with Crippen LogP contribution < -0.4 is 5.32 Å². The Morgan fingerprint density at radius 1 is 1.57 bits per heavy atom. The highest BCUT2D eigenvalue weighted by Gasteiger charge is 1.99. The third-order valence-corrected chi connectivity index (χ3v) is 2.24. The third-order valence-electron chi connectivity index (χ3n) is 2.24. The number of furan rings is 1. The van der Waals surface area contributed by atoms with Crippen molar-refractivity contribution in [1.29, 1.82) is 0 Å². The molecule has 3 heteroatoms. The third kappa shape index (κ3) is 4.44. The number of hydrogen-bond acceptors (Lipinski definition) is 3. The van der Waals surface area contributed by atoms with E-state index in [1.54, 1.807) is 6.26 Å². The molecule has 1 rings (SSSR count). The Kier molecular flexibility index (Phi) is 5.33. The van der Waals surface area contributed by atoms with Crippen LogP contribution in [0.15, 0.2) is 22.8 Å². The van der Waals surface area contributed by atoms with Gasteiger partial charge in [-0.05, 0) is 37.9 Å². The number of nitrogens with one attached hydrogen (secondary N) is 1. The first kappa shape index (κ1) is 11.3. The standard InChI is InChI=1S/C11H19NO2/c1-2-10(13)5-3-7-12-9-11-6-4-8-14-11/h4,6,8,10,12-13H,2-3,5,7,9H2,1H3. The van der Waals surface area contributed by atoms with Gasteiger partial charge in [-0.2, -0.15) is 0 Å². The lowest BCUT2D eigenvalue weighted by Crippen LogP contribution is -2.16. The minimum atomic E-state index is -0.139. The van der Waals surface area contributed by atoms with Crippen LogP contribution in [0.5, 0.6) is 0 Å². The highest BCUT2D eigenvalue weighted by molar-refractivity contribution is 4.97. The lowest BCUT2D eigenvalue weighted by atomic mass is 10.1. The van der Waals surface area contributed by atoms with Crippen molar-refractivity contribution >= 4 is 0 Å². The van der Waals surface area contributed by atoms with Crippen molar-refractivity contribution in [2.45, 2.75) is 38.8 Å². The Morgan fingerprint density at radius 2 is 2.43 bits per heavy atom. The predicted octanol–water partition coefficient (Wildman–Crippen LogP) is 1.92.